The standard InChI is InChI=1S/C11H15N5/c1-7-5-4-6-8(2)10(7)16-11(9(3)12)13-14-15-16/h4-6,9H,12H2,1-3H3. The molecule has 5 nitrogen and oxygen atoms in total. The highest BCUT2D eigenvalue weighted by atomic mass is 15.5. The number of benzene rings is 1. The van der Waals surface area contributed by atoms with Crippen molar-refractivity contribution in [2.75, 3.05) is 0 Å². The summed E-state index contributed by atoms with van der Waals surface area (Å²) in [5, 5.41) is 11.6. The Morgan fingerprint density at radius 1 is 1.25 bits per heavy atom. The minimum Gasteiger partial charge on any atom is -0.321 e. The van der Waals surface area contributed by atoms with Crippen molar-refractivity contribution in [2.45, 2.75) is 26.8 Å². The van der Waals surface area contributed by atoms with E-state index in [-0.39, 0.29) is 6.04 Å². The molecule has 0 aliphatic carbocycles. The third-order valence-corrected chi connectivity index (χ3v) is 2.55. The minimum absolute atomic E-state index is 0.186. The lowest BCUT2D eigenvalue weighted by atomic mass is 10.1. The summed E-state index contributed by atoms with van der Waals surface area (Å²) in [5.74, 6) is 0.678. The number of nitrogens with zero attached hydrogens (tertiary/aromatic N) is 4. The third kappa shape index (κ3) is 1.69. The molecule has 0 spiro atoms. The maximum atomic E-state index is 5.83. The van der Waals surface area contributed by atoms with Crippen molar-refractivity contribution in [1.29, 1.82) is 0 Å². The first-order valence-corrected chi connectivity index (χ1v) is 5.21. The Kier molecular flexibility index (Phi) is 2.70. The summed E-state index contributed by atoms with van der Waals surface area (Å²) in [6.45, 7) is 5.94. The lowest BCUT2D eigenvalue weighted by molar-refractivity contribution is 0.684. The third-order valence-electron chi connectivity index (χ3n) is 2.55. The van der Waals surface area contributed by atoms with Crippen LogP contribution in [0.3, 0.4) is 0 Å². The molecular weight excluding hydrogens is 202 g/mol. The van der Waals surface area contributed by atoms with Crippen molar-refractivity contribution >= 4 is 0 Å². The summed E-state index contributed by atoms with van der Waals surface area (Å²) in [7, 11) is 0. The largest absolute Gasteiger partial charge is 0.321 e. The second kappa shape index (κ2) is 4.02. The average Bonchev–Trinajstić information content (AvgIpc) is 2.66. The van der Waals surface area contributed by atoms with Gasteiger partial charge in [-0.2, -0.15) is 4.68 Å². The molecule has 2 aromatic rings. The van der Waals surface area contributed by atoms with Gasteiger partial charge in [0.2, 0.25) is 0 Å². The normalized spacial score (nSPS) is 12.8. The highest BCUT2D eigenvalue weighted by molar-refractivity contribution is 5.46. The van der Waals surface area contributed by atoms with Gasteiger partial charge in [0.25, 0.3) is 0 Å². The van der Waals surface area contributed by atoms with Crippen molar-refractivity contribution < 1.29 is 0 Å². The van der Waals surface area contributed by atoms with Gasteiger partial charge in [0.05, 0.1) is 11.7 Å². The van der Waals surface area contributed by atoms with E-state index < -0.39 is 0 Å². The molecule has 0 aliphatic rings. The van der Waals surface area contributed by atoms with Gasteiger partial charge < -0.3 is 5.73 Å². The summed E-state index contributed by atoms with van der Waals surface area (Å²) in [5.41, 5.74) is 9.11. The second-order valence-corrected chi connectivity index (χ2v) is 3.98. The Hall–Kier alpha value is -1.75. The van der Waals surface area contributed by atoms with Crippen LogP contribution < -0.4 is 5.73 Å². The molecule has 1 heterocycles. The molecule has 0 bridgehead atoms. The summed E-state index contributed by atoms with van der Waals surface area (Å²) in [4.78, 5) is 0. The molecular formula is C11H15N5. The Morgan fingerprint density at radius 3 is 2.44 bits per heavy atom. The van der Waals surface area contributed by atoms with Crippen molar-refractivity contribution in [2.24, 2.45) is 5.73 Å². The first kappa shape index (κ1) is 10.8. The van der Waals surface area contributed by atoms with Crippen LogP contribution in [-0.4, -0.2) is 20.2 Å². The number of hydrogen-bond donors (Lipinski definition) is 1. The van der Waals surface area contributed by atoms with Crippen LogP contribution in [0.4, 0.5) is 0 Å². The number of hydrogen-bond acceptors (Lipinski definition) is 4. The van der Waals surface area contributed by atoms with E-state index in [9.17, 15) is 0 Å². The summed E-state index contributed by atoms with van der Waals surface area (Å²) in [6.07, 6.45) is 0. The number of tetrazole rings is 1. The molecule has 2 N–H and O–H groups in total. The molecule has 0 aliphatic heterocycles. The van der Waals surface area contributed by atoms with Gasteiger partial charge in [-0.25, -0.2) is 0 Å². The zero-order valence-corrected chi connectivity index (χ0v) is 9.68. The van der Waals surface area contributed by atoms with Gasteiger partial charge in [0.15, 0.2) is 5.82 Å². The van der Waals surface area contributed by atoms with Crippen LogP contribution in [0.5, 0.6) is 0 Å². The van der Waals surface area contributed by atoms with E-state index in [2.05, 4.69) is 15.5 Å². The Bertz CT molecular complexity index is 481. The second-order valence-electron chi connectivity index (χ2n) is 3.98. The lowest BCUT2D eigenvalue weighted by Gasteiger charge is -2.12. The van der Waals surface area contributed by atoms with Crippen LogP contribution in [0, 0.1) is 13.8 Å². The maximum absolute atomic E-state index is 5.83. The number of rotatable bonds is 2. The van der Waals surface area contributed by atoms with E-state index in [0.29, 0.717) is 5.82 Å². The summed E-state index contributed by atoms with van der Waals surface area (Å²) in [6, 6.07) is 5.91. The van der Waals surface area contributed by atoms with Gasteiger partial charge in [0.1, 0.15) is 0 Å². The fraction of sp³-hybridized carbons (Fsp3) is 0.364. The molecule has 0 amide bonds. The zero-order valence-electron chi connectivity index (χ0n) is 9.68. The fourth-order valence-electron chi connectivity index (χ4n) is 1.78. The Morgan fingerprint density at radius 2 is 1.88 bits per heavy atom. The quantitative estimate of drug-likeness (QED) is 0.823. The van der Waals surface area contributed by atoms with Crippen LogP contribution in [-0.2, 0) is 0 Å². The molecule has 84 valence electrons. The van der Waals surface area contributed by atoms with E-state index in [1.807, 2.05) is 39.0 Å². The first-order valence-electron chi connectivity index (χ1n) is 5.21. The smallest absolute Gasteiger partial charge is 0.173 e. The molecule has 5 heteroatoms. The van der Waals surface area contributed by atoms with E-state index in [4.69, 9.17) is 5.73 Å². The van der Waals surface area contributed by atoms with Crippen molar-refractivity contribution in [3.63, 3.8) is 0 Å². The van der Waals surface area contributed by atoms with Crippen LogP contribution in [0.1, 0.15) is 29.9 Å². The molecule has 1 atom stereocenters. The van der Waals surface area contributed by atoms with Crippen LogP contribution in [0.2, 0.25) is 0 Å². The molecule has 1 aromatic carbocycles. The molecule has 1 aromatic heterocycles. The highest BCUT2D eigenvalue weighted by Crippen LogP contribution is 2.20. The number of nitrogens with two attached hydrogens (primary N) is 1. The average molecular weight is 217 g/mol. The van der Waals surface area contributed by atoms with Gasteiger partial charge in [-0.1, -0.05) is 18.2 Å². The first-order chi connectivity index (χ1) is 7.61. The molecule has 16 heavy (non-hydrogen) atoms. The molecule has 0 saturated heterocycles. The predicted octanol–water partition coefficient (Wildman–Crippen LogP) is 1.30. The lowest BCUT2D eigenvalue weighted by Crippen LogP contribution is -2.14. The zero-order chi connectivity index (χ0) is 11.7. The van der Waals surface area contributed by atoms with E-state index in [1.165, 1.54) is 0 Å². The molecule has 0 radical (unpaired) electrons. The van der Waals surface area contributed by atoms with Crippen molar-refractivity contribution in [1.82, 2.24) is 20.2 Å². The number of aryl methyl sites for hydroxylation is 2. The van der Waals surface area contributed by atoms with E-state index in [0.717, 1.165) is 16.8 Å². The molecule has 0 fully saturated rings. The van der Waals surface area contributed by atoms with E-state index >= 15 is 0 Å². The minimum atomic E-state index is -0.186. The van der Waals surface area contributed by atoms with Gasteiger partial charge >= 0.3 is 0 Å². The Balaban J connectivity index is 2.63. The summed E-state index contributed by atoms with van der Waals surface area (Å²) >= 11 is 0. The predicted molar refractivity (Wildman–Crippen MR) is 61.2 cm³/mol. The maximum Gasteiger partial charge on any atom is 0.173 e. The Labute approximate surface area is 94.3 Å². The monoisotopic (exact) mass is 217 g/mol. The van der Waals surface area contributed by atoms with Crippen LogP contribution in [0.25, 0.3) is 5.69 Å². The number of para-hydroxylation sites is 1. The van der Waals surface area contributed by atoms with Crippen LogP contribution in [0.15, 0.2) is 18.2 Å². The highest BCUT2D eigenvalue weighted by Gasteiger charge is 2.14. The van der Waals surface area contributed by atoms with Gasteiger partial charge in [-0.05, 0) is 42.3 Å². The van der Waals surface area contributed by atoms with Crippen molar-refractivity contribution in [3.8, 4) is 5.69 Å². The molecule has 1 unspecified atom stereocenters. The SMILES string of the molecule is Cc1cccc(C)c1-n1nnnc1C(C)N. The number of aromatic nitrogens is 4. The van der Waals surface area contributed by atoms with Gasteiger partial charge in [0, 0.05) is 0 Å². The van der Waals surface area contributed by atoms with Crippen LogP contribution >= 0.6 is 0 Å². The fourth-order valence-corrected chi connectivity index (χ4v) is 1.78. The summed E-state index contributed by atoms with van der Waals surface area (Å²) < 4.78 is 1.72. The van der Waals surface area contributed by atoms with Crippen molar-refractivity contribution in [3.05, 3.63) is 35.2 Å². The topological polar surface area (TPSA) is 69.6 Å². The molecule has 2 rings (SSSR count). The van der Waals surface area contributed by atoms with E-state index in [1.54, 1.807) is 4.68 Å². The van der Waals surface area contributed by atoms with Gasteiger partial charge in [-0.3, -0.25) is 0 Å². The van der Waals surface area contributed by atoms with Gasteiger partial charge in [-0.15, -0.1) is 5.10 Å². The molecule has 0 saturated carbocycles.